The van der Waals surface area contributed by atoms with Crippen molar-refractivity contribution in [2.45, 2.75) is 66.7 Å². The van der Waals surface area contributed by atoms with Crippen molar-refractivity contribution in [2.75, 3.05) is 0 Å². The Labute approximate surface area is 130 Å². The zero-order valence-corrected chi connectivity index (χ0v) is 14.4. The molecule has 0 aromatic carbocycles. The molecule has 0 radical (unpaired) electrons. The second-order valence-corrected chi connectivity index (χ2v) is 7.37. The lowest BCUT2D eigenvalue weighted by atomic mass is 9.78. The molecule has 0 spiro atoms. The average molecular weight is 292 g/mol. The van der Waals surface area contributed by atoms with Crippen molar-refractivity contribution in [2.24, 2.45) is 16.7 Å². The summed E-state index contributed by atoms with van der Waals surface area (Å²) in [4.78, 5) is 0. The van der Waals surface area contributed by atoms with Crippen molar-refractivity contribution in [3.63, 3.8) is 0 Å². The summed E-state index contributed by atoms with van der Waals surface area (Å²) < 4.78 is 0. The van der Waals surface area contributed by atoms with E-state index < -0.39 is 0 Å². The van der Waals surface area contributed by atoms with Crippen molar-refractivity contribution in [1.82, 2.24) is 0 Å². The highest BCUT2D eigenvalue weighted by Gasteiger charge is 2.51. The van der Waals surface area contributed by atoms with Gasteiger partial charge in [0.15, 0.2) is 0 Å². The normalized spacial score (nSPS) is 27.3. The lowest BCUT2D eigenvalue weighted by Gasteiger charge is -2.27. The van der Waals surface area contributed by atoms with Crippen molar-refractivity contribution in [3.8, 4) is 0 Å². The van der Waals surface area contributed by atoms with Gasteiger partial charge in [0.25, 0.3) is 0 Å². The van der Waals surface area contributed by atoms with Crippen LogP contribution < -0.4 is 0 Å². The van der Waals surface area contributed by atoms with Crippen LogP contribution in [0.2, 0.25) is 0 Å². The smallest absolute Gasteiger partial charge is 0.118 e. The zero-order chi connectivity index (χ0) is 16.3. The monoisotopic (exact) mass is 292 g/mol. The highest BCUT2D eigenvalue weighted by molar-refractivity contribution is 5.35. The molecule has 1 aliphatic rings. The highest BCUT2D eigenvalue weighted by atomic mass is 16.3. The van der Waals surface area contributed by atoms with Crippen LogP contribution in [-0.4, -0.2) is 10.2 Å². The van der Waals surface area contributed by atoms with E-state index in [1.165, 1.54) is 6.08 Å². The maximum atomic E-state index is 10.5. The quantitative estimate of drug-likeness (QED) is 0.420. The molecular weight excluding hydrogens is 260 g/mol. The van der Waals surface area contributed by atoms with E-state index >= 15 is 0 Å². The molecule has 1 rings (SSSR count). The predicted molar refractivity (Wildman–Crippen MR) is 90.4 cm³/mol. The van der Waals surface area contributed by atoms with Gasteiger partial charge in [-0.05, 0) is 42.2 Å². The first-order valence-corrected chi connectivity index (χ1v) is 8.18. The van der Waals surface area contributed by atoms with Gasteiger partial charge >= 0.3 is 0 Å². The number of aliphatic hydroxyl groups is 2. The first-order chi connectivity index (χ1) is 9.71. The molecule has 1 fully saturated rings. The molecule has 0 aromatic rings. The number of rotatable bonds is 8. The van der Waals surface area contributed by atoms with Gasteiger partial charge in [0.1, 0.15) is 5.76 Å². The van der Waals surface area contributed by atoms with Crippen LogP contribution in [0.15, 0.2) is 35.8 Å². The van der Waals surface area contributed by atoms with Crippen molar-refractivity contribution >= 4 is 0 Å². The van der Waals surface area contributed by atoms with Crippen LogP contribution in [0.3, 0.4) is 0 Å². The molecule has 1 saturated carbocycles. The number of aliphatic hydroxyl groups excluding tert-OH is 2. The SMILES string of the molecule is C=C/C(O)=C(\C=C(\O)C1CC1(C)CCC)C(C)(C)CCC. The fourth-order valence-corrected chi connectivity index (χ4v) is 3.45. The Morgan fingerprint density at radius 3 is 2.38 bits per heavy atom. The van der Waals surface area contributed by atoms with Crippen molar-refractivity contribution in [1.29, 1.82) is 0 Å². The van der Waals surface area contributed by atoms with E-state index in [1.54, 1.807) is 6.08 Å². The molecule has 0 saturated heterocycles. The maximum absolute atomic E-state index is 10.5. The first-order valence-electron chi connectivity index (χ1n) is 8.18. The first kappa shape index (κ1) is 17.9. The summed E-state index contributed by atoms with van der Waals surface area (Å²) in [5, 5.41) is 20.6. The van der Waals surface area contributed by atoms with Gasteiger partial charge in [-0.3, -0.25) is 0 Å². The van der Waals surface area contributed by atoms with Crippen LogP contribution in [0.4, 0.5) is 0 Å². The molecule has 2 N–H and O–H groups in total. The third-order valence-corrected chi connectivity index (χ3v) is 4.90. The Morgan fingerprint density at radius 2 is 1.90 bits per heavy atom. The summed E-state index contributed by atoms with van der Waals surface area (Å²) in [5.74, 6) is 0.832. The minimum atomic E-state index is -0.170. The summed E-state index contributed by atoms with van der Waals surface area (Å²) in [6.45, 7) is 14.4. The zero-order valence-electron chi connectivity index (χ0n) is 14.4. The second kappa shape index (κ2) is 6.72. The fourth-order valence-electron chi connectivity index (χ4n) is 3.45. The van der Waals surface area contributed by atoms with Crippen LogP contribution in [0.25, 0.3) is 0 Å². The summed E-state index contributed by atoms with van der Waals surface area (Å²) in [7, 11) is 0. The topological polar surface area (TPSA) is 40.5 Å². The van der Waals surface area contributed by atoms with E-state index in [9.17, 15) is 10.2 Å². The van der Waals surface area contributed by atoms with Gasteiger partial charge in [0.05, 0.1) is 5.76 Å². The van der Waals surface area contributed by atoms with Crippen molar-refractivity contribution in [3.05, 3.63) is 35.8 Å². The van der Waals surface area contributed by atoms with E-state index in [4.69, 9.17) is 0 Å². The highest BCUT2D eigenvalue weighted by Crippen LogP contribution is 2.58. The molecule has 2 heteroatoms. The molecule has 0 aromatic heterocycles. The summed E-state index contributed by atoms with van der Waals surface area (Å²) in [6, 6.07) is 0. The number of hydrogen-bond acceptors (Lipinski definition) is 2. The Kier molecular flexibility index (Phi) is 5.72. The van der Waals surface area contributed by atoms with Crippen LogP contribution in [0, 0.1) is 16.7 Å². The van der Waals surface area contributed by atoms with E-state index in [1.807, 2.05) is 0 Å². The molecule has 21 heavy (non-hydrogen) atoms. The Balaban J connectivity index is 3.03. The summed E-state index contributed by atoms with van der Waals surface area (Å²) in [5.41, 5.74) is 0.860. The van der Waals surface area contributed by atoms with Crippen molar-refractivity contribution < 1.29 is 10.2 Å². The maximum Gasteiger partial charge on any atom is 0.118 e. The minimum absolute atomic E-state index is 0.170. The molecule has 2 nitrogen and oxygen atoms in total. The van der Waals surface area contributed by atoms with Gasteiger partial charge in [0, 0.05) is 11.5 Å². The molecule has 1 aliphatic carbocycles. The van der Waals surface area contributed by atoms with Crippen LogP contribution in [-0.2, 0) is 0 Å². The summed E-state index contributed by atoms with van der Waals surface area (Å²) in [6.07, 6.45) is 8.57. The van der Waals surface area contributed by atoms with E-state index in [-0.39, 0.29) is 22.5 Å². The molecule has 2 unspecified atom stereocenters. The van der Waals surface area contributed by atoms with Gasteiger partial charge in [0.2, 0.25) is 0 Å². The van der Waals surface area contributed by atoms with Gasteiger partial charge in [-0.15, -0.1) is 0 Å². The van der Waals surface area contributed by atoms with Crippen LogP contribution in [0.1, 0.15) is 66.7 Å². The number of hydrogen-bond donors (Lipinski definition) is 2. The third-order valence-electron chi connectivity index (χ3n) is 4.90. The Morgan fingerprint density at radius 1 is 1.29 bits per heavy atom. The van der Waals surface area contributed by atoms with Gasteiger partial charge < -0.3 is 10.2 Å². The molecule has 0 heterocycles. The van der Waals surface area contributed by atoms with Crippen LogP contribution >= 0.6 is 0 Å². The van der Waals surface area contributed by atoms with E-state index in [2.05, 4.69) is 41.2 Å². The largest absolute Gasteiger partial charge is 0.512 e. The van der Waals surface area contributed by atoms with Crippen LogP contribution in [0.5, 0.6) is 0 Å². The predicted octanol–water partition coefficient (Wildman–Crippen LogP) is 6.08. The Bertz CT molecular complexity index is 442. The standard InChI is InChI=1S/C19H32O2/c1-7-10-18(4,5)14(16(20)9-3)12-17(21)15-13-19(15,6)11-8-2/h9,12,15,20-21H,3,7-8,10-11,13H2,1-2,4-6H3/b16-14-,17-12+. The van der Waals surface area contributed by atoms with Gasteiger partial charge in [-0.2, -0.15) is 0 Å². The van der Waals surface area contributed by atoms with Gasteiger partial charge in [-0.25, -0.2) is 0 Å². The third kappa shape index (κ3) is 4.15. The fraction of sp³-hybridized carbons (Fsp3) is 0.684. The molecule has 0 aliphatic heterocycles. The van der Waals surface area contributed by atoms with E-state index in [0.29, 0.717) is 5.76 Å². The summed E-state index contributed by atoms with van der Waals surface area (Å²) >= 11 is 0. The average Bonchev–Trinajstić information content (AvgIpc) is 3.07. The molecule has 0 bridgehead atoms. The molecular formula is C19H32O2. The number of allylic oxidation sites excluding steroid dienone is 4. The Hall–Kier alpha value is -1.18. The van der Waals surface area contributed by atoms with E-state index in [0.717, 1.165) is 37.7 Å². The molecule has 120 valence electrons. The molecule has 0 amide bonds. The molecule has 2 atom stereocenters. The minimum Gasteiger partial charge on any atom is -0.512 e. The lowest BCUT2D eigenvalue weighted by molar-refractivity contribution is 0.330. The van der Waals surface area contributed by atoms with Gasteiger partial charge in [-0.1, -0.05) is 54.0 Å². The lowest BCUT2D eigenvalue weighted by Crippen LogP contribution is -2.16. The second-order valence-electron chi connectivity index (χ2n) is 7.37.